The van der Waals surface area contributed by atoms with E-state index in [2.05, 4.69) is 215 Å². The van der Waals surface area contributed by atoms with Crippen LogP contribution in [0.5, 0.6) is 11.5 Å². The highest BCUT2D eigenvalue weighted by Gasteiger charge is 2.45. The van der Waals surface area contributed by atoms with Crippen molar-refractivity contribution in [1.29, 1.82) is 0 Å². The van der Waals surface area contributed by atoms with Crippen molar-refractivity contribution in [2.45, 2.75) is 69.3 Å². The Morgan fingerprint density at radius 3 is 2.00 bits per heavy atom. The average Bonchev–Trinajstić information content (AvgIpc) is 3.77. The lowest BCUT2D eigenvalue weighted by atomic mass is 9.81. The number of nitrogens with zero attached hydrogens (tertiary/aromatic N) is 2. The van der Waals surface area contributed by atoms with Crippen molar-refractivity contribution in [3.8, 4) is 22.6 Å². The van der Waals surface area contributed by atoms with E-state index in [0.29, 0.717) is 0 Å². The SMILES string of the molecule is CC(C)(C)c1cc(S(c2ccccc2)(c2ccccc2)c2cccc3c2Oc2ccccc2S(C)(C)C3(C)C)ccc1-c1cccc2c1nc1sc3ccccc3n12. The zero-order valence-electron chi connectivity index (χ0n) is 34.1. The van der Waals surface area contributed by atoms with E-state index in [9.17, 15) is 0 Å². The lowest BCUT2D eigenvalue weighted by molar-refractivity contribution is 0.452. The summed E-state index contributed by atoms with van der Waals surface area (Å²) in [6.07, 6.45) is 4.90. The van der Waals surface area contributed by atoms with Gasteiger partial charge in [0.15, 0.2) is 4.96 Å². The summed E-state index contributed by atoms with van der Waals surface area (Å²) in [5.41, 5.74) is 8.12. The second kappa shape index (κ2) is 13.4. The van der Waals surface area contributed by atoms with Crippen molar-refractivity contribution < 1.29 is 4.74 Å². The minimum absolute atomic E-state index is 0.174. The summed E-state index contributed by atoms with van der Waals surface area (Å²) in [6.45, 7) is 11.9. The summed E-state index contributed by atoms with van der Waals surface area (Å²) < 4.78 is 10.8. The smallest absolute Gasteiger partial charge is 0.195 e. The molecule has 0 unspecified atom stereocenters. The lowest BCUT2D eigenvalue weighted by Crippen LogP contribution is -2.24. The van der Waals surface area contributed by atoms with Crippen LogP contribution in [0.4, 0.5) is 0 Å². The second-order valence-corrected chi connectivity index (χ2v) is 25.4. The molecule has 2 aromatic heterocycles. The summed E-state index contributed by atoms with van der Waals surface area (Å²) in [6, 6.07) is 60.7. The number of rotatable bonds is 5. The summed E-state index contributed by atoms with van der Waals surface area (Å²) >= 11 is 1.75. The van der Waals surface area contributed by atoms with Gasteiger partial charge in [0.05, 0.1) is 21.3 Å². The zero-order chi connectivity index (χ0) is 40.0. The van der Waals surface area contributed by atoms with Gasteiger partial charge in [0.2, 0.25) is 0 Å². The molecular formula is C52H48N2OS3. The highest BCUT2D eigenvalue weighted by atomic mass is 32.3. The Morgan fingerprint density at radius 2 is 1.28 bits per heavy atom. The Hall–Kier alpha value is -5.27. The van der Waals surface area contributed by atoms with Crippen molar-refractivity contribution in [2.75, 3.05) is 12.5 Å². The van der Waals surface area contributed by atoms with E-state index < -0.39 is 20.1 Å². The first kappa shape index (κ1) is 37.0. The fourth-order valence-corrected chi connectivity index (χ4v) is 16.3. The molecule has 0 amide bonds. The highest BCUT2D eigenvalue weighted by molar-refractivity contribution is 8.34. The monoisotopic (exact) mass is 812 g/mol. The zero-order valence-corrected chi connectivity index (χ0v) is 36.6. The van der Waals surface area contributed by atoms with E-state index in [1.54, 1.807) is 11.3 Å². The molecule has 9 aromatic rings. The van der Waals surface area contributed by atoms with Gasteiger partial charge in [-0.15, -0.1) is 10.0 Å². The second-order valence-electron chi connectivity index (χ2n) is 17.2. The highest BCUT2D eigenvalue weighted by Crippen LogP contribution is 2.78. The molecule has 1 aliphatic rings. The third kappa shape index (κ3) is 5.38. The number of thiazole rings is 1. The van der Waals surface area contributed by atoms with Gasteiger partial charge in [0.1, 0.15) is 11.5 Å². The Bertz CT molecular complexity index is 2990. The van der Waals surface area contributed by atoms with Crippen molar-refractivity contribution in [3.05, 3.63) is 175 Å². The van der Waals surface area contributed by atoms with Crippen molar-refractivity contribution >= 4 is 57.6 Å². The van der Waals surface area contributed by atoms with E-state index in [4.69, 9.17) is 9.72 Å². The maximum absolute atomic E-state index is 7.40. The van der Waals surface area contributed by atoms with E-state index in [0.717, 1.165) is 33.1 Å². The van der Waals surface area contributed by atoms with E-state index in [1.165, 1.54) is 51.4 Å². The van der Waals surface area contributed by atoms with Gasteiger partial charge in [0, 0.05) is 40.4 Å². The van der Waals surface area contributed by atoms with Crippen molar-refractivity contribution in [1.82, 2.24) is 9.38 Å². The molecule has 3 heterocycles. The minimum Gasteiger partial charge on any atom is -0.455 e. The molecule has 0 saturated carbocycles. The molecule has 0 aliphatic carbocycles. The summed E-state index contributed by atoms with van der Waals surface area (Å²) in [5.74, 6) is 1.94. The molecule has 1 aliphatic heterocycles. The molecule has 7 aromatic carbocycles. The molecular weight excluding hydrogens is 765 g/mol. The molecule has 0 bridgehead atoms. The van der Waals surface area contributed by atoms with Crippen molar-refractivity contribution in [3.63, 3.8) is 0 Å². The van der Waals surface area contributed by atoms with Crippen LogP contribution in [0.1, 0.15) is 45.7 Å². The number of ether oxygens (including phenoxy) is 1. The van der Waals surface area contributed by atoms with Gasteiger partial charge >= 0.3 is 0 Å². The third-order valence-corrected chi connectivity index (χ3v) is 21.6. The number of para-hydroxylation sites is 4. The topological polar surface area (TPSA) is 26.5 Å². The molecule has 290 valence electrons. The predicted octanol–water partition coefficient (Wildman–Crippen LogP) is 15.5. The van der Waals surface area contributed by atoms with Gasteiger partial charge in [-0.2, -0.15) is 0 Å². The predicted molar refractivity (Wildman–Crippen MR) is 249 cm³/mol. The number of hydrogen-bond donors (Lipinski definition) is 0. The Labute approximate surface area is 349 Å². The number of aromatic nitrogens is 2. The first-order valence-corrected chi connectivity index (χ1v) is 24.8. The largest absolute Gasteiger partial charge is 0.455 e. The summed E-state index contributed by atoms with van der Waals surface area (Å²) in [4.78, 5) is 12.7. The average molecular weight is 813 g/mol. The molecule has 0 saturated heterocycles. The molecule has 0 fully saturated rings. The third-order valence-electron chi connectivity index (χ3n) is 12.4. The standard InChI is InChI=1S/C52H48N2OS3/c1-51(2,3)41-34-37(32-33-38(41)39-24-18-27-43-48(39)53-50-54(43)42-26-14-16-29-45(42)56-50)58(35-20-10-8-11-21-35,36-22-12-9-13-23-36)47-31-19-25-40-49(47)55-44-28-15-17-30-46(44)57(6,7)52(40,4)5/h8-34H,1-7H3. The quantitative estimate of drug-likeness (QED) is 0.173. The number of fused-ring (bicyclic) bond motifs is 7. The number of imidazole rings is 1. The van der Waals surface area contributed by atoms with Crippen LogP contribution in [0.25, 0.3) is 37.3 Å². The normalized spacial score (nSPS) is 15.7. The first-order chi connectivity index (χ1) is 27.9. The fourth-order valence-electron chi connectivity index (χ4n) is 8.98. The van der Waals surface area contributed by atoms with Gasteiger partial charge in [-0.05, 0) is 116 Å². The van der Waals surface area contributed by atoms with E-state index in [1.807, 2.05) is 0 Å². The molecule has 0 spiro atoms. The maximum Gasteiger partial charge on any atom is 0.195 e. The van der Waals surface area contributed by atoms with Crippen LogP contribution < -0.4 is 4.74 Å². The molecule has 0 N–H and O–H groups in total. The molecule has 58 heavy (non-hydrogen) atoms. The molecule has 6 heteroatoms. The van der Waals surface area contributed by atoms with Crippen LogP contribution in [0.3, 0.4) is 0 Å². The molecule has 0 radical (unpaired) electrons. The Balaban J connectivity index is 1.29. The lowest BCUT2D eigenvalue weighted by Gasteiger charge is -2.47. The molecule has 10 rings (SSSR count). The first-order valence-electron chi connectivity index (χ1n) is 19.9. The summed E-state index contributed by atoms with van der Waals surface area (Å²) in [7, 11) is -3.50. The molecule has 0 atom stereocenters. The van der Waals surface area contributed by atoms with Crippen LogP contribution >= 0.6 is 31.4 Å². The summed E-state index contributed by atoms with van der Waals surface area (Å²) in [5, 5.41) is 0. The van der Waals surface area contributed by atoms with Gasteiger partial charge in [0.25, 0.3) is 0 Å². The van der Waals surface area contributed by atoms with Crippen LogP contribution in [-0.2, 0) is 10.2 Å². The van der Waals surface area contributed by atoms with Gasteiger partial charge < -0.3 is 4.74 Å². The van der Waals surface area contributed by atoms with Crippen LogP contribution in [0.15, 0.2) is 188 Å². The Kier molecular flexibility index (Phi) is 8.55. The van der Waals surface area contributed by atoms with E-state index >= 15 is 0 Å². The Morgan fingerprint density at radius 1 is 0.638 bits per heavy atom. The van der Waals surface area contributed by atoms with Crippen LogP contribution in [-0.4, -0.2) is 21.9 Å². The molecule has 3 nitrogen and oxygen atoms in total. The minimum atomic E-state index is -2.15. The van der Waals surface area contributed by atoms with Gasteiger partial charge in [-0.3, -0.25) is 4.40 Å². The van der Waals surface area contributed by atoms with Gasteiger partial charge in [-0.1, -0.05) is 123 Å². The van der Waals surface area contributed by atoms with Crippen LogP contribution in [0.2, 0.25) is 0 Å². The number of hydrogen-bond acceptors (Lipinski definition) is 3. The van der Waals surface area contributed by atoms with Crippen molar-refractivity contribution in [2.24, 2.45) is 0 Å². The number of benzene rings is 7. The van der Waals surface area contributed by atoms with Crippen LogP contribution in [0, 0.1) is 0 Å². The maximum atomic E-state index is 7.40. The fraction of sp³-hybridized carbons (Fsp3) is 0.173. The van der Waals surface area contributed by atoms with Gasteiger partial charge in [-0.25, -0.2) is 15.0 Å². The van der Waals surface area contributed by atoms with E-state index in [-0.39, 0.29) is 10.2 Å².